The molecule has 0 amide bonds. The molecule has 0 bridgehead atoms. The Morgan fingerprint density at radius 3 is 2.95 bits per heavy atom. The number of nitrogens with zero attached hydrogens (tertiary/aromatic N) is 3. The fourth-order valence-corrected chi connectivity index (χ4v) is 3.30. The van der Waals surface area contributed by atoms with E-state index in [2.05, 4.69) is 55.5 Å². The van der Waals surface area contributed by atoms with Crippen LogP contribution in [0, 0.1) is 0 Å². The molecule has 1 aliphatic heterocycles. The van der Waals surface area contributed by atoms with Crippen LogP contribution in [-0.2, 0) is 0 Å². The smallest absolute Gasteiger partial charge is 0.212 e. The zero-order valence-electron chi connectivity index (χ0n) is 11.2. The number of hydrogen-bond donors (Lipinski definition) is 2. The summed E-state index contributed by atoms with van der Waals surface area (Å²) in [6.07, 6.45) is 1.56. The maximum atomic E-state index is 4.09. The van der Waals surface area contributed by atoms with Gasteiger partial charge < -0.3 is 14.9 Å². The zero-order valence-corrected chi connectivity index (χ0v) is 12.9. The fourth-order valence-electron chi connectivity index (χ4n) is 2.21. The highest BCUT2D eigenvalue weighted by Crippen LogP contribution is 2.24. The second-order valence-corrected chi connectivity index (χ2v) is 6.41. The van der Waals surface area contributed by atoms with Crippen molar-refractivity contribution in [3.8, 4) is 0 Å². The molecule has 2 aromatic rings. The average molecular weight is 307 g/mol. The highest BCUT2D eigenvalue weighted by molar-refractivity contribution is 8.00. The Hall–Kier alpha value is -1.31. The molecular formula is C13H17N5S2. The van der Waals surface area contributed by atoms with E-state index in [1.54, 1.807) is 18.3 Å². The van der Waals surface area contributed by atoms with E-state index in [0.29, 0.717) is 6.04 Å². The van der Waals surface area contributed by atoms with Crippen LogP contribution in [0.3, 0.4) is 0 Å². The first kappa shape index (κ1) is 13.7. The zero-order chi connectivity index (χ0) is 13.8. The minimum absolute atomic E-state index is 0.553. The number of nitrogens with one attached hydrogen (secondary N) is 2. The van der Waals surface area contributed by atoms with Gasteiger partial charge in [0.25, 0.3) is 0 Å². The molecule has 1 aromatic heterocycles. The molecule has 1 aliphatic rings. The first-order valence-electron chi connectivity index (χ1n) is 6.59. The molecule has 1 aromatic carbocycles. The average Bonchev–Trinajstić information content (AvgIpc) is 2.99. The Labute approximate surface area is 127 Å². The van der Waals surface area contributed by atoms with Gasteiger partial charge in [-0.05, 0) is 43.1 Å². The van der Waals surface area contributed by atoms with E-state index in [0.717, 1.165) is 24.8 Å². The van der Waals surface area contributed by atoms with E-state index in [1.807, 2.05) is 0 Å². The lowest BCUT2D eigenvalue weighted by Crippen LogP contribution is -2.49. The Morgan fingerprint density at radius 2 is 2.25 bits per heavy atom. The van der Waals surface area contributed by atoms with Crippen molar-refractivity contribution in [3.05, 3.63) is 30.6 Å². The van der Waals surface area contributed by atoms with Crippen molar-refractivity contribution in [1.82, 2.24) is 14.7 Å². The topological polar surface area (TPSA) is 53.1 Å². The van der Waals surface area contributed by atoms with Gasteiger partial charge in [0.2, 0.25) is 5.13 Å². The first-order valence-corrected chi connectivity index (χ1v) is 8.18. The lowest BCUT2D eigenvalue weighted by atomic mass is 10.2. The van der Waals surface area contributed by atoms with E-state index in [-0.39, 0.29) is 0 Å². The summed E-state index contributed by atoms with van der Waals surface area (Å²) in [5.74, 6) is 0. The molecule has 0 saturated carbocycles. The molecule has 2 heterocycles. The van der Waals surface area contributed by atoms with Gasteiger partial charge >= 0.3 is 0 Å². The van der Waals surface area contributed by atoms with E-state index >= 15 is 0 Å². The fraction of sp³-hybridized carbons (Fsp3) is 0.385. The summed E-state index contributed by atoms with van der Waals surface area (Å²) in [4.78, 5) is 7.69. The van der Waals surface area contributed by atoms with Gasteiger partial charge in [-0.1, -0.05) is 0 Å². The molecule has 7 heteroatoms. The van der Waals surface area contributed by atoms with Crippen molar-refractivity contribution >= 4 is 34.3 Å². The summed E-state index contributed by atoms with van der Waals surface area (Å²) in [7, 11) is 0. The van der Waals surface area contributed by atoms with E-state index in [9.17, 15) is 0 Å². The van der Waals surface area contributed by atoms with Crippen LogP contribution in [-0.4, -0.2) is 35.0 Å². The first-order chi connectivity index (χ1) is 9.81. The van der Waals surface area contributed by atoms with Crippen LogP contribution in [0.5, 0.6) is 0 Å². The molecule has 1 fully saturated rings. The van der Waals surface area contributed by atoms with Crippen molar-refractivity contribution in [2.75, 3.05) is 29.3 Å². The van der Waals surface area contributed by atoms with Gasteiger partial charge in [-0.2, -0.15) is 4.37 Å². The van der Waals surface area contributed by atoms with E-state index in [4.69, 9.17) is 0 Å². The SMILES string of the molecule is CC1CN(c2ccc(SNc3ncns3)cc2)CCN1. The largest absolute Gasteiger partial charge is 0.369 e. The van der Waals surface area contributed by atoms with Gasteiger partial charge in [-0.3, -0.25) is 0 Å². The molecule has 0 spiro atoms. The molecule has 3 rings (SSSR count). The van der Waals surface area contributed by atoms with Crippen LogP contribution >= 0.6 is 23.5 Å². The summed E-state index contributed by atoms with van der Waals surface area (Å²) in [5, 5.41) is 4.29. The van der Waals surface area contributed by atoms with Gasteiger partial charge in [0.05, 0.1) is 0 Å². The van der Waals surface area contributed by atoms with Crippen molar-refractivity contribution in [2.45, 2.75) is 17.9 Å². The lowest BCUT2D eigenvalue weighted by Gasteiger charge is -2.33. The highest BCUT2D eigenvalue weighted by atomic mass is 32.2. The number of rotatable bonds is 4. The maximum absolute atomic E-state index is 4.09. The Morgan fingerprint density at radius 1 is 1.40 bits per heavy atom. The number of hydrogen-bond acceptors (Lipinski definition) is 7. The van der Waals surface area contributed by atoms with Crippen LogP contribution in [0.25, 0.3) is 0 Å². The molecule has 20 heavy (non-hydrogen) atoms. The van der Waals surface area contributed by atoms with Crippen molar-refractivity contribution in [2.24, 2.45) is 0 Å². The van der Waals surface area contributed by atoms with Gasteiger partial charge in [0, 0.05) is 47.8 Å². The summed E-state index contributed by atoms with van der Waals surface area (Å²) in [6, 6.07) is 9.20. The third kappa shape index (κ3) is 3.41. The van der Waals surface area contributed by atoms with Gasteiger partial charge in [0.1, 0.15) is 6.33 Å². The minimum atomic E-state index is 0.553. The summed E-state index contributed by atoms with van der Waals surface area (Å²) >= 11 is 2.92. The maximum Gasteiger partial charge on any atom is 0.212 e. The summed E-state index contributed by atoms with van der Waals surface area (Å²) in [5.41, 5.74) is 1.29. The standard InChI is InChI=1S/C13H17N5S2/c1-10-8-18(7-6-14-10)11-2-4-12(5-3-11)19-17-13-15-9-16-20-13/h2-5,9-10,14H,6-8H2,1H3,(H,15,16,17). The molecule has 1 unspecified atom stereocenters. The van der Waals surface area contributed by atoms with Crippen LogP contribution in [0.2, 0.25) is 0 Å². The second kappa shape index (κ2) is 6.43. The molecule has 1 saturated heterocycles. The number of piperazine rings is 1. The van der Waals surface area contributed by atoms with Crippen molar-refractivity contribution in [1.29, 1.82) is 0 Å². The minimum Gasteiger partial charge on any atom is -0.369 e. The summed E-state index contributed by atoms with van der Waals surface area (Å²) in [6.45, 7) is 5.41. The molecular weight excluding hydrogens is 290 g/mol. The third-order valence-corrected chi connectivity index (χ3v) is 4.70. The van der Waals surface area contributed by atoms with E-state index in [1.165, 1.54) is 22.1 Å². The molecule has 5 nitrogen and oxygen atoms in total. The molecule has 0 radical (unpaired) electrons. The summed E-state index contributed by atoms with van der Waals surface area (Å²) < 4.78 is 7.14. The third-order valence-electron chi connectivity index (χ3n) is 3.19. The predicted molar refractivity (Wildman–Crippen MR) is 85.5 cm³/mol. The lowest BCUT2D eigenvalue weighted by molar-refractivity contribution is 0.485. The van der Waals surface area contributed by atoms with Gasteiger partial charge in [-0.15, -0.1) is 0 Å². The Bertz CT molecular complexity index is 528. The number of benzene rings is 1. The van der Waals surface area contributed by atoms with Crippen molar-refractivity contribution in [3.63, 3.8) is 0 Å². The molecule has 0 aliphatic carbocycles. The molecule has 2 N–H and O–H groups in total. The van der Waals surface area contributed by atoms with Crippen LogP contribution in [0.4, 0.5) is 10.8 Å². The Balaban J connectivity index is 1.59. The van der Waals surface area contributed by atoms with Crippen LogP contribution in [0.1, 0.15) is 6.92 Å². The molecule has 106 valence electrons. The number of aromatic nitrogens is 2. The monoisotopic (exact) mass is 307 g/mol. The second-order valence-electron chi connectivity index (χ2n) is 4.75. The highest BCUT2D eigenvalue weighted by Gasteiger charge is 2.15. The van der Waals surface area contributed by atoms with E-state index < -0.39 is 0 Å². The Kier molecular flexibility index (Phi) is 4.39. The molecule has 1 atom stereocenters. The van der Waals surface area contributed by atoms with Gasteiger partial charge in [0.15, 0.2) is 0 Å². The van der Waals surface area contributed by atoms with Crippen molar-refractivity contribution < 1.29 is 0 Å². The van der Waals surface area contributed by atoms with Crippen LogP contribution < -0.4 is 14.9 Å². The normalized spacial score (nSPS) is 19.1. The predicted octanol–water partition coefficient (Wildman–Crippen LogP) is 2.46. The number of anilines is 2. The van der Waals surface area contributed by atoms with Crippen LogP contribution in [0.15, 0.2) is 35.5 Å². The quantitative estimate of drug-likeness (QED) is 0.846. The van der Waals surface area contributed by atoms with Gasteiger partial charge in [-0.25, -0.2) is 4.98 Å².